The van der Waals surface area contributed by atoms with E-state index < -0.39 is 0 Å². The van der Waals surface area contributed by atoms with Gasteiger partial charge in [-0.3, -0.25) is 14.6 Å². The zero-order valence-electron chi connectivity index (χ0n) is 16.6. The van der Waals surface area contributed by atoms with E-state index in [9.17, 15) is 10.1 Å². The molecule has 0 N–H and O–H groups in total. The highest BCUT2D eigenvalue weighted by Crippen LogP contribution is 2.39. The minimum atomic E-state index is 0.329. The molecule has 4 aromatic rings. The van der Waals surface area contributed by atoms with Crippen LogP contribution < -0.4 is 5.06 Å². The number of halogens is 2. The molecule has 2 heterocycles. The number of nitriles is 1. The van der Waals surface area contributed by atoms with Crippen molar-refractivity contribution in [1.29, 1.82) is 5.26 Å². The van der Waals surface area contributed by atoms with Crippen molar-refractivity contribution in [2.75, 3.05) is 12.2 Å². The number of anilines is 2. The summed E-state index contributed by atoms with van der Waals surface area (Å²) in [5, 5.41) is 12.8. The van der Waals surface area contributed by atoms with Gasteiger partial charge in [0, 0.05) is 34.9 Å². The van der Waals surface area contributed by atoms with Crippen LogP contribution in [0.4, 0.5) is 11.4 Å². The number of benzene rings is 2. The second kappa shape index (κ2) is 8.40. The third-order valence-electron chi connectivity index (χ3n) is 5.05. The topological polar surface area (TPSA) is 71.2 Å². The largest absolute Gasteiger partial charge is 0.341 e. The molecule has 2 aromatic carbocycles. The van der Waals surface area contributed by atoms with Crippen molar-refractivity contribution in [2.24, 2.45) is 7.05 Å². The van der Waals surface area contributed by atoms with Crippen molar-refractivity contribution in [3.63, 3.8) is 0 Å². The van der Waals surface area contributed by atoms with Gasteiger partial charge in [-0.2, -0.15) is 5.26 Å². The Morgan fingerprint density at radius 1 is 1.16 bits per heavy atom. The van der Waals surface area contributed by atoms with Gasteiger partial charge >= 0.3 is 0 Å². The zero-order chi connectivity index (χ0) is 22.1. The van der Waals surface area contributed by atoms with Gasteiger partial charge in [0.05, 0.1) is 40.3 Å². The van der Waals surface area contributed by atoms with Crippen molar-refractivity contribution < 1.29 is 9.63 Å². The summed E-state index contributed by atoms with van der Waals surface area (Å²) in [6.45, 7) is 0. The van der Waals surface area contributed by atoms with Crippen LogP contribution in [-0.4, -0.2) is 22.9 Å². The van der Waals surface area contributed by atoms with Crippen LogP contribution in [0.25, 0.3) is 22.2 Å². The number of carbonyl (C=O) groups excluding carboxylic acids is 1. The summed E-state index contributed by atoms with van der Waals surface area (Å²) in [5.74, 6) is 0. The molecule has 0 saturated heterocycles. The number of fused-ring (bicyclic) bond motifs is 1. The quantitative estimate of drug-likeness (QED) is 0.278. The second-order valence-corrected chi connectivity index (χ2v) is 7.60. The van der Waals surface area contributed by atoms with Crippen molar-refractivity contribution in [1.82, 2.24) is 9.55 Å². The van der Waals surface area contributed by atoms with Crippen molar-refractivity contribution in [3.05, 3.63) is 76.0 Å². The smallest absolute Gasteiger partial charge is 0.166 e. The first-order valence-corrected chi connectivity index (χ1v) is 9.97. The summed E-state index contributed by atoms with van der Waals surface area (Å²) < 4.78 is 1.81. The second-order valence-electron chi connectivity index (χ2n) is 6.76. The van der Waals surface area contributed by atoms with Gasteiger partial charge in [0.1, 0.15) is 6.07 Å². The predicted octanol–water partition coefficient (Wildman–Crippen LogP) is 5.93. The molecule has 6 nitrogen and oxygen atoms in total. The molecule has 0 unspecified atom stereocenters. The number of aromatic nitrogens is 2. The average molecular weight is 451 g/mol. The van der Waals surface area contributed by atoms with Crippen molar-refractivity contribution in [2.45, 2.75) is 0 Å². The molecule has 31 heavy (non-hydrogen) atoms. The minimum Gasteiger partial charge on any atom is -0.341 e. The number of rotatable bonds is 5. The Morgan fingerprint density at radius 2 is 1.97 bits per heavy atom. The van der Waals surface area contributed by atoms with E-state index in [2.05, 4.69) is 11.1 Å². The predicted molar refractivity (Wildman–Crippen MR) is 122 cm³/mol. The number of hydrogen-bond donors (Lipinski definition) is 0. The molecule has 0 atom stereocenters. The molecular formula is C23H16Cl2N4O2. The Labute approximate surface area is 188 Å². The fraction of sp³-hybridized carbons (Fsp3) is 0.0870. The summed E-state index contributed by atoms with van der Waals surface area (Å²) in [7, 11) is 3.33. The molecule has 0 bridgehead atoms. The fourth-order valence-electron chi connectivity index (χ4n) is 3.53. The van der Waals surface area contributed by atoms with Gasteiger partial charge in [0.15, 0.2) is 6.29 Å². The summed E-state index contributed by atoms with van der Waals surface area (Å²) >= 11 is 12.4. The van der Waals surface area contributed by atoms with Crippen LogP contribution in [0.3, 0.4) is 0 Å². The van der Waals surface area contributed by atoms with Crippen molar-refractivity contribution in [3.8, 4) is 17.3 Å². The molecule has 0 aliphatic heterocycles. The molecule has 0 radical (unpaired) electrons. The maximum atomic E-state index is 11.2. The molecule has 0 saturated carbocycles. The monoisotopic (exact) mass is 450 g/mol. The average Bonchev–Trinajstić information content (AvgIpc) is 3.15. The van der Waals surface area contributed by atoms with Gasteiger partial charge < -0.3 is 4.57 Å². The van der Waals surface area contributed by atoms with E-state index in [4.69, 9.17) is 28.0 Å². The van der Waals surface area contributed by atoms with Crippen LogP contribution in [0, 0.1) is 11.3 Å². The molecular weight excluding hydrogens is 435 g/mol. The maximum Gasteiger partial charge on any atom is 0.166 e. The normalized spacial score (nSPS) is 10.8. The van der Waals surface area contributed by atoms with E-state index in [-0.39, 0.29) is 0 Å². The van der Waals surface area contributed by atoms with E-state index in [1.807, 2.05) is 35.9 Å². The number of pyridine rings is 1. The first-order valence-electron chi connectivity index (χ1n) is 9.22. The number of hydrogen-bond acceptors (Lipinski definition) is 5. The Hall–Kier alpha value is -3.37. The van der Waals surface area contributed by atoms with Gasteiger partial charge in [0.25, 0.3) is 0 Å². The Bertz CT molecular complexity index is 1360. The van der Waals surface area contributed by atoms with Crippen LogP contribution in [-0.2, 0) is 11.9 Å². The van der Waals surface area contributed by atoms with Gasteiger partial charge in [0.2, 0.25) is 0 Å². The molecule has 0 fully saturated rings. The molecule has 0 amide bonds. The van der Waals surface area contributed by atoms with E-state index in [0.717, 1.165) is 17.5 Å². The summed E-state index contributed by atoms with van der Waals surface area (Å²) in [6, 6.07) is 16.5. The Kier molecular flexibility index (Phi) is 5.66. The third-order valence-corrected chi connectivity index (χ3v) is 5.59. The molecule has 4 rings (SSSR count). The van der Waals surface area contributed by atoms with Gasteiger partial charge in [-0.05, 0) is 42.5 Å². The number of nitrogens with zero attached hydrogens (tertiary/aromatic N) is 4. The lowest BCUT2D eigenvalue weighted by molar-refractivity contribution is 0.111. The minimum absolute atomic E-state index is 0.329. The summed E-state index contributed by atoms with van der Waals surface area (Å²) in [4.78, 5) is 21.3. The molecule has 0 aliphatic carbocycles. The van der Waals surface area contributed by atoms with Crippen LogP contribution in [0.2, 0.25) is 10.0 Å². The number of carbonyl (C=O) groups is 1. The van der Waals surface area contributed by atoms with E-state index in [1.54, 1.807) is 24.3 Å². The molecule has 2 aromatic heterocycles. The lowest BCUT2D eigenvalue weighted by Crippen LogP contribution is -2.17. The van der Waals surface area contributed by atoms with E-state index >= 15 is 0 Å². The lowest BCUT2D eigenvalue weighted by atomic mass is 10.0. The lowest BCUT2D eigenvalue weighted by Gasteiger charge is -2.25. The zero-order valence-corrected chi connectivity index (χ0v) is 18.1. The molecule has 154 valence electrons. The molecule has 0 spiro atoms. The van der Waals surface area contributed by atoms with Crippen LogP contribution >= 0.6 is 23.2 Å². The Balaban J connectivity index is 1.92. The highest BCUT2D eigenvalue weighted by Gasteiger charge is 2.21. The molecule has 8 heteroatoms. The van der Waals surface area contributed by atoms with Crippen LogP contribution in [0.15, 0.2) is 54.7 Å². The number of aldehydes is 1. The van der Waals surface area contributed by atoms with Crippen LogP contribution in [0.1, 0.15) is 16.1 Å². The standard InChI is InChI=1S/C23H16Cl2N4O2/c1-28-17(13-30)5-8-21(28)14-3-6-18-20(9-14)27-12-15(11-26)23(18)29(31-2)22-7-4-16(24)10-19(22)25/h3-10,12-13H,1-2H3. The first-order chi connectivity index (χ1) is 15.0. The van der Waals surface area contributed by atoms with Gasteiger partial charge in [-0.15, -0.1) is 0 Å². The van der Waals surface area contributed by atoms with Gasteiger partial charge in [-0.1, -0.05) is 29.3 Å². The van der Waals surface area contributed by atoms with Crippen LogP contribution in [0.5, 0.6) is 0 Å². The summed E-state index contributed by atoms with van der Waals surface area (Å²) in [6.07, 6.45) is 2.31. The molecule has 0 aliphatic rings. The fourth-order valence-corrected chi connectivity index (χ4v) is 4.02. The van der Waals surface area contributed by atoms with E-state index in [0.29, 0.717) is 43.6 Å². The first kappa shape index (κ1) is 20.9. The van der Waals surface area contributed by atoms with E-state index in [1.165, 1.54) is 18.4 Å². The summed E-state index contributed by atoms with van der Waals surface area (Å²) in [5.41, 5.74) is 4.39. The SMILES string of the molecule is CON(c1ccc(Cl)cc1Cl)c1c(C#N)cnc2cc(-c3ccc(C=O)n3C)ccc12. The highest BCUT2D eigenvalue weighted by atomic mass is 35.5. The van der Waals surface area contributed by atoms with Crippen molar-refractivity contribution >= 4 is 51.8 Å². The third kappa shape index (κ3) is 3.64. The highest BCUT2D eigenvalue weighted by molar-refractivity contribution is 6.36. The maximum absolute atomic E-state index is 11.2. The van der Waals surface area contributed by atoms with Gasteiger partial charge in [-0.25, -0.2) is 5.06 Å². The Morgan fingerprint density at radius 3 is 2.61 bits per heavy atom.